The number of aryl methyl sites for hydroxylation is 1. The summed E-state index contributed by atoms with van der Waals surface area (Å²) in [5.41, 5.74) is 0.114. The summed E-state index contributed by atoms with van der Waals surface area (Å²) < 4.78 is 71.6. The standard InChI is InChI=1S/C18H21F2N2O9PS/c1-18(33(3,28)29,17(24)21-31-32(25,26)27)6-7-22-10-15(20)13(9-16(22)23)12-5-4-11(30-2)8-14(12)19/h4-5,8-10H,6-7H2,1-3H3,(H,21,24)(H2,25,26,27)/p+1/t18-/m1/s1. The second kappa shape index (κ2) is 9.69. The first kappa shape index (κ1) is 26.6. The van der Waals surface area contributed by atoms with Gasteiger partial charge >= 0.3 is 7.82 Å². The van der Waals surface area contributed by atoms with Crippen molar-refractivity contribution in [3.63, 3.8) is 0 Å². The van der Waals surface area contributed by atoms with Gasteiger partial charge in [-0.05, 0) is 25.5 Å². The molecule has 11 nitrogen and oxygen atoms in total. The summed E-state index contributed by atoms with van der Waals surface area (Å²) in [6.45, 7) is 0.506. The molecule has 1 amide bonds. The lowest BCUT2D eigenvalue weighted by molar-refractivity contribution is -0.131. The summed E-state index contributed by atoms with van der Waals surface area (Å²) >= 11 is 0. The topological polar surface area (TPSA) is 164 Å². The average molecular weight is 511 g/mol. The van der Waals surface area contributed by atoms with Gasteiger partial charge in [0.25, 0.3) is 11.5 Å². The molecule has 182 valence electrons. The molecule has 2 aromatic rings. The SMILES string of the molecule is COc1ccc(-c2cc(=O)n(CC[C@](C)(C(=O)NOP(=O)(O)[OH2+])S(C)(=O)=O)cc2F)c(F)c1. The Hall–Kier alpha value is -2.64. The molecule has 0 spiro atoms. The summed E-state index contributed by atoms with van der Waals surface area (Å²) in [5.74, 6) is -2.99. The molecule has 0 bridgehead atoms. The molecule has 1 unspecified atom stereocenters. The number of ether oxygens (including phenoxy) is 1. The van der Waals surface area contributed by atoms with Crippen molar-refractivity contribution < 1.29 is 45.7 Å². The predicted octanol–water partition coefficient (Wildman–Crippen LogP) is 0.868. The number of pyridine rings is 1. The Kier molecular flexibility index (Phi) is 7.82. The molecule has 2 rings (SSSR count). The molecule has 0 aliphatic heterocycles. The Labute approximate surface area is 187 Å². The zero-order chi connectivity index (χ0) is 25.2. The first-order chi connectivity index (χ1) is 15.1. The van der Waals surface area contributed by atoms with E-state index in [9.17, 15) is 31.4 Å². The number of sulfone groups is 1. The Balaban J connectivity index is 2.34. The van der Waals surface area contributed by atoms with Gasteiger partial charge in [0, 0.05) is 42.3 Å². The van der Waals surface area contributed by atoms with Crippen molar-refractivity contribution in [1.29, 1.82) is 0 Å². The third-order valence-corrected chi connectivity index (χ3v) is 7.30. The maximum absolute atomic E-state index is 14.7. The number of aromatic nitrogens is 1. The Morgan fingerprint density at radius 3 is 2.42 bits per heavy atom. The van der Waals surface area contributed by atoms with Crippen molar-refractivity contribution in [2.24, 2.45) is 0 Å². The molecule has 4 N–H and O–H groups in total. The first-order valence-corrected chi connectivity index (χ1v) is 12.6. The largest absolute Gasteiger partial charge is 0.653 e. The number of hydrogen-bond acceptors (Lipinski definition) is 7. The van der Waals surface area contributed by atoms with Crippen molar-refractivity contribution in [3.8, 4) is 16.9 Å². The van der Waals surface area contributed by atoms with Gasteiger partial charge in [0.15, 0.2) is 14.6 Å². The highest BCUT2D eigenvalue weighted by molar-refractivity contribution is 7.92. The molecule has 1 aromatic heterocycles. The van der Waals surface area contributed by atoms with Crippen molar-refractivity contribution >= 4 is 23.6 Å². The summed E-state index contributed by atoms with van der Waals surface area (Å²) in [5, 5.41) is 0. The van der Waals surface area contributed by atoms with E-state index in [0.29, 0.717) is 6.26 Å². The van der Waals surface area contributed by atoms with Crippen molar-refractivity contribution in [2.75, 3.05) is 13.4 Å². The minimum absolute atomic E-state index is 0.190. The zero-order valence-electron chi connectivity index (χ0n) is 17.7. The minimum Gasteiger partial charge on any atom is -0.497 e. The van der Waals surface area contributed by atoms with Gasteiger partial charge in [-0.15, -0.1) is 4.62 Å². The van der Waals surface area contributed by atoms with Crippen molar-refractivity contribution in [3.05, 3.63) is 52.5 Å². The van der Waals surface area contributed by atoms with Gasteiger partial charge in [-0.25, -0.2) is 22.7 Å². The van der Waals surface area contributed by atoms with E-state index in [0.717, 1.165) is 29.8 Å². The highest BCUT2D eigenvalue weighted by Crippen LogP contribution is 2.35. The second-order valence-corrected chi connectivity index (χ2v) is 10.9. The number of hydroxylamine groups is 1. The summed E-state index contributed by atoms with van der Waals surface area (Å²) in [7, 11) is -7.76. The Bertz CT molecular complexity index is 1280. The zero-order valence-corrected chi connectivity index (χ0v) is 19.4. The molecule has 0 aliphatic rings. The highest BCUT2D eigenvalue weighted by atomic mass is 32.2. The number of methoxy groups -OCH3 is 1. The smallest absolute Gasteiger partial charge is 0.497 e. The quantitative estimate of drug-likeness (QED) is 0.284. The number of halogens is 2. The van der Waals surface area contributed by atoms with E-state index in [4.69, 9.17) is 14.5 Å². The second-order valence-electron chi connectivity index (χ2n) is 7.21. The molecule has 15 heteroatoms. The molecule has 0 aliphatic carbocycles. The molecule has 2 atom stereocenters. The van der Waals surface area contributed by atoms with Crippen LogP contribution >= 0.6 is 7.82 Å². The Morgan fingerprint density at radius 1 is 1.27 bits per heavy atom. The van der Waals surface area contributed by atoms with Gasteiger partial charge in [0.2, 0.25) is 0 Å². The normalized spacial score (nSPS) is 15.4. The molecule has 1 aromatic carbocycles. The van der Waals surface area contributed by atoms with E-state index in [1.54, 1.807) is 0 Å². The fraction of sp³-hybridized carbons (Fsp3) is 0.333. The third kappa shape index (κ3) is 6.24. The van der Waals surface area contributed by atoms with Crippen LogP contribution in [0.2, 0.25) is 0 Å². The summed E-state index contributed by atoms with van der Waals surface area (Å²) in [6.07, 6.45) is 0.888. The van der Waals surface area contributed by atoms with Gasteiger partial charge in [0.1, 0.15) is 17.4 Å². The lowest BCUT2D eigenvalue weighted by Gasteiger charge is -2.26. The van der Waals surface area contributed by atoms with E-state index in [2.05, 4.69) is 4.62 Å². The van der Waals surface area contributed by atoms with Crippen LogP contribution in [0.3, 0.4) is 0 Å². The van der Waals surface area contributed by atoms with Gasteiger partial charge < -0.3 is 14.2 Å². The lowest BCUT2D eigenvalue weighted by Crippen LogP contribution is -2.50. The first-order valence-electron chi connectivity index (χ1n) is 9.09. The number of benzene rings is 1. The van der Waals surface area contributed by atoms with E-state index < -0.39 is 58.5 Å². The van der Waals surface area contributed by atoms with Crippen LogP contribution in [0.25, 0.3) is 11.1 Å². The van der Waals surface area contributed by atoms with E-state index >= 15 is 0 Å². The van der Waals surface area contributed by atoms with E-state index in [-0.39, 0.29) is 16.9 Å². The maximum Gasteiger partial charge on any atom is 0.653 e. The molecule has 0 saturated heterocycles. The highest BCUT2D eigenvalue weighted by Gasteiger charge is 2.44. The van der Waals surface area contributed by atoms with Crippen molar-refractivity contribution in [2.45, 2.75) is 24.6 Å². The van der Waals surface area contributed by atoms with Crippen LogP contribution in [0.4, 0.5) is 8.78 Å². The molecular weight excluding hydrogens is 489 g/mol. The Morgan fingerprint density at radius 2 is 1.91 bits per heavy atom. The number of nitrogens with zero attached hydrogens (tertiary/aromatic N) is 1. The van der Waals surface area contributed by atoms with E-state index in [1.165, 1.54) is 24.7 Å². The van der Waals surface area contributed by atoms with Gasteiger partial charge in [0.05, 0.1) is 7.11 Å². The fourth-order valence-corrected chi connectivity index (χ4v) is 3.83. The molecule has 0 fully saturated rings. The maximum atomic E-state index is 14.7. The van der Waals surface area contributed by atoms with Gasteiger partial charge in [-0.3, -0.25) is 14.5 Å². The molecular formula is C18H22F2N2O9PS+. The van der Waals surface area contributed by atoms with Crippen molar-refractivity contribution in [1.82, 2.24) is 10.0 Å². The number of amides is 1. The molecule has 0 radical (unpaired) electrons. The third-order valence-electron chi connectivity index (χ3n) is 4.93. The van der Waals surface area contributed by atoms with Crippen LogP contribution in [0.5, 0.6) is 5.75 Å². The van der Waals surface area contributed by atoms with Crippen LogP contribution < -0.4 is 15.8 Å². The molecule has 0 saturated carbocycles. The van der Waals surface area contributed by atoms with Crippen LogP contribution in [-0.4, -0.2) is 46.8 Å². The fourth-order valence-electron chi connectivity index (χ4n) is 2.78. The van der Waals surface area contributed by atoms with Crippen LogP contribution in [0.1, 0.15) is 13.3 Å². The number of nitrogens with one attached hydrogen (secondary N) is 1. The van der Waals surface area contributed by atoms with Crippen LogP contribution in [-0.2, 0) is 30.4 Å². The van der Waals surface area contributed by atoms with Crippen LogP contribution in [0, 0.1) is 11.6 Å². The van der Waals surface area contributed by atoms with E-state index in [1.807, 2.05) is 0 Å². The van der Waals surface area contributed by atoms with Gasteiger partial charge in [-0.2, -0.15) is 4.57 Å². The molecule has 33 heavy (non-hydrogen) atoms. The average Bonchev–Trinajstić information content (AvgIpc) is 2.70. The monoisotopic (exact) mass is 511 g/mol. The molecule has 1 heterocycles. The number of hydrogen-bond donors (Lipinski definition) is 2. The van der Waals surface area contributed by atoms with Gasteiger partial charge in [-0.1, -0.05) is 0 Å². The number of carbonyl (C=O) groups excluding carboxylic acids is 1. The number of rotatable bonds is 9. The lowest BCUT2D eigenvalue weighted by atomic mass is 10.0. The number of carbonyl (C=O) groups is 1. The minimum atomic E-state index is -4.90. The summed E-state index contributed by atoms with van der Waals surface area (Å²) in [6, 6.07) is 4.45. The summed E-state index contributed by atoms with van der Waals surface area (Å²) in [4.78, 5) is 40.3. The predicted molar refractivity (Wildman–Crippen MR) is 113 cm³/mol. The van der Waals surface area contributed by atoms with Crippen LogP contribution in [0.15, 0.2) is 35.3 Å².